The molecule has 2 aromatic rings. The Morgan fingerprint density at radius 3 is 2.48 bits per heavy atom. The van der Waals surface area contributed by atoms with Crippen molar-refractivity contribution in [3.05, 3.63) is 59.4 Å². The van der Waals surface area contributed by atoms with Crippen molar-refractivity contribution in [1.82, 2.24) is 9.62 Å². The molecule has 0 spiro atoms. The van der Waals surface area contributed by atoms with Crippen LogP contribution in [0.2, 0.25) is 5.02 Å². The van der Waals surface area contributed by atoms with Crippen LogP contribution in [0.1, 0.15) is 19.3 Å². The molecule has 1 heterocycles. The van der Waals surface area contributed by atoms with Crippen molar-refractivity contribution in [2.24, 2.45) is 5.92 Å². The van der Waals surface area contributed by atoms with E-state index in [1.807, 2.05) is 0 Å². The standard InChI is InChI=1S/C20H23ClFN3O3S/c21-16-2-1-3-18(14-16)24-20(26)25-12-9-15(10-13-25)8-11-23-29(27,28)19-6-4-17(22)5-7-19/h1-7,14-15,23H,8-13H2,(H,24,26). The van der Waals surface area contributed by atoms with Gasteiger partial charge in [-0.1, -0.05) is 17.7 Å². The van der Waals surface area contributed by atoms with Gasteiger partial charge in [0.15, 0.2) is 0 Å². The van der Waals surface area contributed by atoms with Gasteiger partial charge >= 0.3 is 6.03 Å². The third-order valence-electron chi connectivity index (χ3n) is 4.95. The molecular formula is C20H23ClFN3O3S. The maximum absolute atomic E-state index is 12.9. The second-order valence-corrected chi connectivity index (χ2v) is 9.21. The van der Waals surface area contributed by atoms with Gasteiger partial charge in [0.1, 0.15) is 5.82 Å². The number of anilines is 1. The molecule has 1 aliphatic heterocycles. The molecule has 29 heavy (non-hydrogen) atoms. The molecule has 0 atom stereocenters. The Bertz CT molecular complexity index is 946. The highest BCUT2D eigenvalue weighted by Crippen LogP contribution is 2.22. The van der Waals surface area contributed by atoms with Gasteiger partial charge in [-0.15, -0.1) is 0 Å². The lowest BCUT2D eigenvalue weighted by atomic mass is 9.94. The van der Waals surface area contributed by atoms with E-state index in [4.69, 9.17) is 11.6 Å². The normalized spacial score (nSPS) is 15.3. The van der Waals surface area contributed by atoms with Crippen LogP contribution >= 0.6 is 11.6 Å². The molecule has 0 aliphatic carbocycles. The summed E-state index contributed by atoms with van der Waals surface area (Å²) in [5, 5.41) is 3.40. The van der Waals surface area contributed by atoms with E-state index in [9.17, 15) is 17.6 Å². The van der Waals surface area contributed by atoms with Crippen LogP contribution in [0.3, 0.4) is 0 Å². The molecular weight excluding hydrogens is 417 g/mol. The molecule has 2 aromatic carbocycles. The molecule has 1 fully saturated rings. The fourth-order valence-corrected chi connectivity index (χ4v) is 4.53. The van der Waals surface area contributed by atoms with Gasteiger partial charge in [-0.2, -0.15) is 0 Å². The lowest BCUT2D eigenvalue weighted by Gasteiger charge is -2.32. The van der Waals surface area contributed by atoms with E-state index in [1.54, 1.807) is 29.2 Å². The second kappa shape index (κ2) is 9.56. The molecule has 0 radical (unpaired) electrons. The van der Waals surface area contributed by atoms with Crippen LogP contribution in [-0.4, -0.2) is 39.0 Å². The third-order valence-corrected chi connectivity index (χ3v) is 6.66. The van der Waals surface area contributed by atoms with Gasteiger partial charge in [0, 0.05) is 30.3 Å². The number of hydrogen-bond donors (Lipinski definition) is 2. The number of hydrogen-bond acceptors (Lipinski definition) is 3. The van der Waals surface area contributed by atoms with E-state index >= 15 is 0 Å². The summed E-state index contributed by atoms with van der Waals surface area (Å²) in [6.07, 6.45) is 2.30. The van der Waals surface area contributed by atoms with Gasteiger partial charge in [-0.25, -0.2) is 22.3 Å². The molecule has 2 amide bonds. The van der Waals surface area contributed by atoms with E-state index in [0.717, 1.165) is 25.0 Å². The van der Waals surface area contributed by atoms with Gasteiger partial charge in [0.25, 0.3) is 0 Å². The summed E-state index contributed by atoms with van der Waals surface area (Å²) >= 11 is 5.93. The van der Waals surface area contributed by atoms with Crippen molar-refractivity contribution < 1.29 is 17.6 Å². The maximum Gasteiger partial charge on any atom is 0.321 e. The van der Waals surface area contributed by atoms with E-state index < -0.39 is 15.8 Å². The van der Waals surface area contributed by atoms with E-state index in [0.29, 0.717) is 42.7 Å². The van der Waals surface area contributed by atoms with Gasteiger partial charge < -0.3 is 10.2 Å². The quantitative estimate of drug-likeness (QED) is 0.711. The van der Waals surface area contributed by atoms with E-state index in [-0.39, 0.29) is 10.9 Å². The summed E-state index contributed by atoms with van der Waals surface area (Å²) in [5.41, 5.74) is 0.653. The number of carbonyl (C=O) groups is 1. The summed E-state index contributed by atoms with van der Waals surface area (Å²) in [6.45, 7) is 1.53. The van der Waals surface area contributed by atoms with Crippen LogP contribution in [0.4, 0.5) is 14.9 Å². The Morgan fingerprint density at radius 1 is 1.14 bits per heavy atom. The number of likely N-dealkylation sites (tertiary alicyclic amines) is 1. The minimum atomic E-state index is -3.64. The highest BCUT2D eigenvalue weighted by molar-refractivity contribution is 7.89. The van der Waals surface area contributed by atoms with Crippen molar-refractivity contribution >= 4 is 33.3 Å². The Hall–Kier alpha value is -2.16. The van der Waals surface area contributed by atoms with Crippen LogP contribution < -0.4 is 10.0 Å². The zero-order valence-electron chi connectivity index (χ0n) is 15.8. The predicted octanol–water partition coefficient (Wildman–Crippen LogP) is 4.09. The van der Waals surface area contributed by atoms with Crippen LogP contribution in [0.15, 0.2) is 53.4 Å². The Balaban J connectivity index is 1.41. The molecule has 9 heteroatoms. The third kappa shape index (κ3) is 6.16. The van der Waals surface area contributed by atoms with Gasteiger partial charge in [0.05, 0.1) is 4.90 Å². The molecule has 3 rings (SSSR count). The minimum Gasteiger partial charge on any atom is -0.325 e. The van der Waals surface area contributed by atoms with Crippen LogP contribution in [-0.2, 0) is 10.0 Å². The first-order chi connectivity index (χ1) is 13.8. The second-order valence-electron chi connectivity index (χ2n) is 7.01. The number of sulfonamides is 1. The Kier molecular flexibility index (Phi) is 7.10. The number of amides is 2. The summed E-state index contributed by atoms with van der Waals surface area (Å²) in [7, 11) is -3.64. The molecule has 0 bridgehead atoms. The first kappa shape index (κ1) is 21.5. The summed E-state index contributed by atoms with van der Waals surface area (Å²) in [4.78, 5) is 14.2. The molecule has 6 nitrogen and oxygen atoms in total. The number of nitrogens with one attached hydrogen (secondary N) is 2. The number of carbonyl (C=O) groups excluding carboxylic acids is 1. The van der Waals surface area contributed by atoms with Gasteiger partial charge in [0.2, 0.25) is 10.0 Å². The number of benzene rings is 2. The lowest BCUT2D eigenvalue weighted by molar-refractivity contribution is 0.180. The monoisotopic (exact) mass is 439 g/mol. The van der Waals surface area contributed by atoms with Crippen molar-refractivity contribution in [1.29, 1.82) is 0 Å². The molecule has 2 N–H and O–H groups in total. The van der Waals surface area contributed by atoms with E-state index in [2.05, 4.69) is 10.0 Å². The van der Waals surface area contributed by atoms with Crippen molar-refractivity contribution in [3.8, 4) is 0 Å². The minimum absolute atomic E-state index is 0.0476. The first-order valence-electron chi connectivity index (χ1n) is 9.40. The Labute approximate surface area is 175 Å². The van der Waals surface area contributed by atoms with Crippen molar-refractivity contribution in [2.45, 2.75) is 24.2 Å². The molecule has 1 saturated heterocycles. The highest BCUT2D eigenvalue weighted by Gasteiger charge is 2.23. The van der Waals surface area contributed by atoms with Gasteiger partial charge in [-0.05, 0) is 67.6 Å². The summed E-state index contributed by atoms with van der Waals surface area (Å²) < 4.78 is 39.9. The molecule has 1 aliphatic rings. The topological polar surface area (TPSA) is 78.5 Å². The largest absolute Gasteiger partial charge is 0.325 e. The van der Waals surface area contributed by atoms with Crippen LogP contribution in [0.25, 0.3) is 0 Å². The fourth-order valence-electron chi connectivity index (χ4n) is 3.29. The number of piperidine rings is 1. The number of rotatable bonds is 6. The molecule has 0 unspecified atom stereocenters. The summed E-state index contributed by atoms with van der Waals surface area (Å²) in [6, 6.07) is 11.6. The fraction of sp³-hybridized carbons (Fsp3) is 0.350. The van der Waals surface area contributed by atoms with E-state index in [1.165, 1.54) is 12.1 Å². The van der Waals surface area contributed by atoms with Crippen LogP contribution in [0.5, 0.6) is 0 Å². The van der Waals surface area contributed by atoms with Crippen molar-refractivity contribution in [2.75, 3.05) is 25.0 Å². The average molecular weight is 440 g/mol. The molecule has 0 aromatic heterocycles. The Morgan fingerprint density at radius 2 is 1.83 bits per heavy atom. The molecule has 0 saturated carbocycles. The summed E-state index contributed by atoms with van der Waals surface area (Å²) in [5.74, 6) is -0.142. The number of nitrogens with zero attached hydrogens (tertiary/aromatic N) is 1. The lowest BCUT2D eigenvalue weighted by Crippen LogP contribution is -2.41. The number of urea groups is 1. The molecule has 156 valence electrons. The van der Waals surface area contributed by atoms with Gasteiger partial charge in [-0.3, -0.25) is 0 Å². The zero-order valence-corrected chi connectivity index (χ0v) is 17.3. The highest BCUT2D eigenvalue weighted by atomic mass is 35.5. The maximum atomic E-state index is 12.9. The average Bonchev–Trinajstić information content (AvgIpc) is 2.69. The SMILES string of the molecule is O=C(Nc1cccc(Cl)c1)N1CCC(CCNS(=O)(=O)c2ccc(F)cc2)CC1. The first-order valence-corrected chi connectivity index (χ1v) is 11.3. The smallest absolute Gasteiger partial charge is 0.321 e. The zero-order chi connectivity index (χ0) is 20.9. The number of halogens is 2. The predicted molar refractivity (Wildman–Crippen MR) is 111 cm³/mol. The van der Waals surface area contributed by atoms with Crippen LogP contribution in [0, 0.1) is 11.7 Å². The van der Waals surface area contributed by atoms with Crippen molar-refractivity contribution in [3.63, 3.8) is 0 Å².